The summed E-state index contributed by atoms with van der Waals surface area (Å²) in [5.41, 5.74) is 8.16. The molecule has 3 heterocycles. The topological polar surface area (TPSA) is 88.7 Å². The Kier molecular flexibility index (Phi) is 6.67. The molecule has 3 aromatic carbocycles. The molecule has 0 saturated heterocycles. The van der Waals surface area contributed by atoms with Gasteiger partial charge in [-0.05, 0) is 53.4 Å². The SMILES string of the molecule is CCCCN(c1nc2c(-c3cccn3C)cccc2o1)[C@H](C)c1ccc(-c2ccccc2-c2nn[nH]n2)cc1. The molecule has 0 amide bonds. The van der Waals surface area contributed by atoms with E-state index < -0.39 is 0 Å². The zero-order chi connectivity index (χ0) is 26.8. The molecule has 0 bridgehead atoms. The fourth-order valence-electron chi connectivity index (χ4n) is 5.12. The molecule has 196 valence electrons. The molecule has 6 rings (SSSR count). The number of tetrazole rings is 1. The maximum Gasteiger partial charge on any atom is 0.298 e. The Hall–Kier alpha value is -4.72. The van der Waals surface area contributed by atoms with Gasteiger partial charge in [0.1, 0.15) is 5.52 Å². The van der Waals surface area contributed by atoms with E-state index in [0.29, 0.717) is 11.8 Å². The van der Waals surface area contributed by atoms with Crippen LogP contribution in [0, 0.1) is 0 Å². The first-order valence-corrected chi connectivity index (χ1v) is 13.3. The van der Waals surface area contributed by atoms with Crippen LogP contribution in [0.5, 0.6) is 0 Å². The predicted molar refractivity (Wildman–Crippen MR) is 154 cm³/mol. The number of aromatic amines is 1. The second kappa shape index (κ2) is 10.6. The van der Waals surface area contributed by atoms with E-state index in [9.17, 15) is 0 Å². The van der Waals surface area contributed by atoms with E-state index in [2.05, 4.69) is 106 Å². The molecule has 1 atom stereocenters. The third-order valence-electron chi connectivity index (χ3n) is 7.31. The third kappa shape index (κ3) is 4.69. The third-order valence-corrected chi connectivity index (χ3v) is 7.31. The molecule has 0 aliphatic rings. The molecule has 8 heteroatoms. The molecule has 0 fully saturated rings. The van der Waals surface area contributed by atoms with Gasteiger partial charge in [-0.1, -0.05) is 74.0 Å². The molecule has 0 aliphatic carbocycles. The molecule has 6 aromatic rings. The quantitative estimate of drug-likeness (QED) is 0.221. The van der Waals surface area contributed by atoms with Gasteiger partial charge >= 0.3 is 0 Å². The average molecular weight is 518 g/mol. The number of hydrogen-bond acceptors (Lipinski definition) is 6. The van der Waals surface area contributed by atoms with Gasteiger partial charge in [0.25, 0.3) is 6.01 Å². The Morgan fingerprint density at radius 2 is 1.72 bits per heavy atom. The van der Waals surface area contributed by atoms with Crippen molar-refractivity contribution in [3.05, 3.63) is 90.6 Å². The van der Waals surface area contributed by atoms with Crippen molar-refractivity contribution in [2.24, 2.45) is 7.05 Å². The van der Waals surface area contributed by atoms with Gasteiger partial charge in [-0.2, -0.15) is 10.2 Å². The number of oxazole rings is 1. The lowest BCUT2D eigenvalue weighted by molar-refractivity contribution is 0.524. The molecular weight excluding hydrogens is 486 g/mol. The number of nitrogens with zero attached hydrogens (tertiary/aromatic N) is 6. The summed E-state index contributed by atoms with van der Waals surface area (Å²) >= 11 is 0. The minimum absolute atomic E-state index is 0.0737. The summed E-state index contributed by atoms with van der Waals surface area (Å²) < 4.78 is 8.49. The van der Waals surface area contributed by atoms with Gasteiger partial charge in [0, 0.05) is 30.9 Å². The molecule has 0 aliphatic heterocycles. The Bertz CT molecular complexity index is 1680. The summed E-state index contributed by atoms with van der Waals surface area (Å²) in [5.74, 6) is 0.583. The number of benzene rings is 3. The van der Waals surface area contributed by atoms with Crippen molar-refractivity contribution in [1.29, 1.82) is 0 Å². The minimum atomic E-state index is 0.0737. The van der Waals surface area contributed by atoms with Crippen molar-refractivity contribution in [2.75, 3.05) is 11.4 Å². The summed E-state index contributed by atoms with van der Waals surface area (Å²) in [5, 5.41) is 14.6. The van der Waals surface area contributed by atoms with Gasteiger partial charge in [0.2, 0.25) is 5.82 Å². The summed E-state index contributed by atoms with van der Waals surface area (Å²) in [7, 11) is 2.05. The first kappa shape index (κ1) is 24.6. The normalized spacial score (nSPS) is 12.2. The first-order chi connectivity index (χ1) is 19.1. The van der Waals surface area contributed by atoms with E-state index >= 15 is 0 Å². The van der Waals surface area contributed by atoms with Crippen LogP contribution in [0.1, 0.15) is 38.3 Å². The number of anilines is 1. The zero-order valence-electron chi connectivity index (χ0n) is 22.4. The highest BCUT2D eigenvalue weighted by atomic mass is 16.4. The Balaban J connectivity index is 1.33. The largest absolute Gasteiger partial charge is 0.423 e. The maximum absolute atomic E-state index is 6.38. The number of rotatable bonds is 9. The smallest absolute Gasteiger partial charge is 0.298 e. The van der Waals surface area contributed by atoms with Gasteiger partial charge in [-0.3, -0.25) is 0 Å². The van der Waals surface area contributed by atoms with Crippen molar-refractivity contribution in [3.63, 3.8) is 0 Å². The molecule has 39 heavy (non-hydrogen) atoms. The van der Waals surface area contributed by atoms with Gasteiger partial charge in [-0.25, -0.2) is 0 Å². The summed E-state index contributed by atoms with van der Waals surface area (Å²) in [6.45, 7) is 5.27. The van der Waals surface area contributed by atoms with Gasteiger partial charge in [0.15, 0.2) is 5.58 Å². The fraction of sp³-hybridized carbons (Fsp3) is 0.226. The lowest BCUT2D eigenvalue weighted by atomic mass is 9.97. The van der Waals surface area contributed by atoms with Crippen LogP contribution in [-0.2, 0) is 7.05 Å². The van der Waals surface area contributed by atoms with Crippen LogP contribution in [0.25, 0.3) is 44.9 Å². The number of unbranched alkanes of at least 4 members (excludes halogenated alkanes) is 1. The summed E-state index contributed by atoms with van der Waals surface area (Å²) in [6.07, 6.45) is 4.18. The average Bonchev–Trinajstić information content (AvgIpc) is 3.74. The van der Waals surface area contributed by atoms with Crippen molar-refractivity contribution >= 4 is 17.1 Å². The molecule has 3 aromatic heterocycles. The Morgan fingerprint density at radius 3 is 2.44 bits per heavy atom. The second-order valence-corrected chi connectivity index (χ2v) is 9.78. The maximum atomic E-state index is 6.38. The number of para-hydroxylation sites is 1. The second-order valence-electron chi connectivity index (χ2n) is 9.78. The number of aromatic nitrogens is 6. The van der Waals surface area contributed by atoms with Crippen LogP contribution in [0.15, 0.2) is 89.5 Å². The summed E-state index contributed by atoms with van der Waals surface area (Å²) in [6, 6.07) is 27.8. The highest BCUT2D eigenvalue weighted by Gasteiger charge is 2.23. The van der Waals surface area contributed by atoms with Crippen LogP contribution >= 0.6 is 0 Å². The minimum Gasteiger partial charge on any atom is -0.423 e. The van der Waals surface area contributed by atoms with Crippen LogP contribution < -0.4 is 4.90 Å². The van der Waals surface area contributed by atoms with Crippen molar-refractivity contribution in [2.45, 2.75) is 32.7 Å². The highest BCUT2D eigenvalue weighted by molar-refractivity contribution is 5.91. The van der Waals surface area contributed by atoms with Gasteiger partial charge in [0.05, 0.1) is 11.7 Å². The lowest BCUT2D eigenvalue weighted by Gasteiger charge is -2.28. The van der Waals surface area contributed by atoms with Crippen molar-refractivity contribution in [3.8, 4) is 33.8 Å². The van der Waals surface area contributed by atoms with Crippen molar-refractivity contribution < 1.29 is 4.42 Å². The van der Waals surface area contributed by atoms with E-state index in [0.717, 1.165) is 58.4 Å². The predicted octanol–water partition coefficient (Wildman–Crippen LogP) is 7.05. The highest BCUT2D eigenvalue weighted by Crippen LogP contribution is 2.35. The van der Waals surface area contributed by atoms with E-state index in [1.54, 1.807) is 0 Å². The fourth-order valence-corrected chi connectivity index (χ4v) is 5.12. The van der Waals surface area contributed by atoms with Crippen LogP contribution in [0.3, 0.4) is 0 Å². The molecular formula is C31H31N7O. The number of hydrogen-bond donors (Lipinski definition) is 1. The molecule has 0 spiro atoms. The van der Waals surface area contributed by atoms with Gasteiger partial charge < -0.3 is 13.9 Å². The number of nitrogens with one attached hydrogen (secondary N) is 1. The van der Waals surface area contributed by atoms with Crippen molar-refractivity contribution in [1.82, 2.24) is 30.2 Å². The number of H-pyrrole nitrogens is 1. The lowest BCUT2D eigenvalue weighted by Crippen LogP contribution is -2.28. The van der Waals surface area contributed by atoms with Crippen LogP contribution in [0.4, 0.5) is 6.01 Å². The summed E-state index contributed by atoms with van der Waals surface area (Å²) in [4.78, 5) is 7.32. The number of fused-ring (bicyclic) bond motifs is 1. The molecule has 0 unspecified atom stereocenters. The molecule has 0 saturated carbocycles. The van der Waals surface area contributed by atoms with E-state index in [4.69, 9.17) is 9.40 Å². The van der Waals surface area contributed by atoms with E-state index in [1.807, 2.05) is 30.3 Å². The molecule has 8 nitrogen and oxygen atoms in total. The van der Waals surface area contributed by atoms with Crippen LogP contribution in [-0.4, -0.2) is 36.7 Å². The standard InChI is InChI=1S/C31H31N7O/c1-4-5-20-38(31-32-29-26(12-8-14-28(29)39-31)27-13-9-19-37(27)3)21(2)22-15-17-23(18-16-22)24-10-6-7-11-25(24)30-33-35-36-34-30/h6-19,21H,4-5,20H2,1-3H3,(H,33,34,35,36)/t21-/m1/s1. The first-order valence-electron chi connectivity index (χ1n) is 13.3. The van der Waals surface area contributed by atoms with Gasteiger partial charge in [-0.15, -0.1) is 10.2 Å². The van der Waals surface area contributed by atoms with Crippen LogP contribution in [0.2, 0.25) is 0 Å². The monoisotopic (exact) mass is 517 g/mol. The van der Waals surface area contributed by atoms with E-state index in [1.165, 1.54) is 5.56 Å². The molecule has 0 radical (unpaired) electrons. The molecule has 1 N–H and O–H groups in total. The Labute approximate surface area is 227 Å². The Morgan fingerprint density at radius 1 is 0.923 bits per heavy atom. The van der Waals surface area contributed by atoms with E-state index in [-0.39, 0.29) is 6.04 Å². The number of aryl methyl sites for hydroxylation is 1. The zero-order valence-corrected chi connectivity index (χ0v) is 22.4.